The van der Waals surface area contributed by atoms with Gasteiger partial charge in [-0.25, -0.2) is 4.98 Å². The van der Waals surface area contributed by atoms with E-state index in [1.807, 2.05) is 4.57 Å². The Morgan fingerprint density at radius 2 is 2.27 bits per heavy atom. The zero-order chi connectivity index (χ0) is 15.1. The van der Waals surface area contributed by atoms with Gasteiger partial charge in [-0.1, -0.05) is 0 Å². The third-order valence-electron chi connectivity index (χ3n) is 4.30. The van der Waals surface area contributed by atoms with Gasteiger partial charge in [-0.3, -0.25) is 4.79 Å². The Bertz CT molecular complexity index is 682. The molecule has 0 N–H and O–H groups in total. The smallest absolute Gasteiger partial charge is 0.291 e. The van der Waals surface area contributed by atoms with E-state index in [0.717, 1.165) is 25.3 Å². The highest BCUT2D eigenvalue weighted by molar-refractivity contribution is 5.92. The summed E-state index contributed by atoms with van der Waals surface area (Å²) in [4.78, 5) is 18.0. The zero-order valence-electron chi connectivity index (χ0n) is 12.3. The normalized spacial score (nSPS) is 22.0. The fourth-order valence-electron chi connectivity index (χ4n) is 2.99. The van der Waals surface area contributed by atoms with Crippen molar-refractivity contribution in [2.45, 2.75) is 31.9 Å². The second kappa shape index (κ2) is 5.20. The summed E-state index contributed by atoms with van der Waals surface area (Å²) in [7, 11) is 0. The number of hydrogen-bond donors (Lipinski definition) is 0. The first-order valence-electron chi connectivity index (χ1n) is 7.44. The van der Waals surface area contributed by atoms with Crippen LogP contribution >= 0.6 is 0 Å². The minimum absolute atomic E-state index is 0.0313. The van der Waals surface area contributed by atoms with E-state index in [1.54, 1.807) is 18.2 Å². The van der Waals surface area contributed by atoms with Gasteiger partial charge in [0.25, 0.3) is 5.91 Å². The average Bonchev–Trinajstić information content (AvgIpc) is 3.16. The van der Waals surface area contributed by atoms with Crippen molar-refractivity contribution in [3.8, 4) is 0 Å². The van der Waals surface area contributed by atoms with Gasteiger partial charge < -0.3 is 18.6 Å². The predicted octanol–water partition coefficient (Wildman–Crippen LogP) is 1.12. The zero-order valence-corrected chi connectivity index (χ0v) is 12.3. The SMILES string of the molecule is Cc1ncoc1C(=O)N1CC(n2cnnc2C2CCCO2)C1. The molecule has 2 aromatic heterocycles. The number of amides is 1. The monoisotopic (exact) mass is 303 g/mol. The van der Waals surface area contributed by atoms with E-state index in [-0.39, 0.29) is 18.1 Å². The molecule has 0 aromatic carbocycles. The van der Waals surface area contributed by atoms with Crippen LogP contribution in [-0.2, 0) is 4.74 Å². The summed E-state index contributed by atoms with van der Waals surface area (Å²) in [6, 6.07) is 0.196. The highest BCUT2D eigenvalue weighted by Gasteiger charge is 2.37. The van der Waals surface area contributed by atoms with Crippen LogP contribution < -0.4 is 0 Å². The van der Waals surface area contributed by atoms with E-state index in [0.29, 0.717) is 24.5 Å². The first kappa shape index (κ1) is 13.4. The van der Waals surface area contributed by atoms with Gasteiger partial charge in [-0.2, -0.15) is 0 Å². The van der Waals surface area contributed by atoms with Crippen molar-refractivity contribution in [1.82, 2.24) is 24.6 Å². The molecule has 0 saturated carbocycles. The molecule has 2 aromatic rings. The van der Waals surface area contributed by atoms with E-state index < -0.39 is 0 Å². The second-order valence-corrected chi connectivity index (χ2v) is 5.73. The molecule has 0 aliphatic carbocycles. The number of carbonyl (C=O) groups excluding carboxylic acids is 1. The van der Waals surface area contributed by atoms with Gasteiger partial charge in [-0.15, -0.1) is 10.2 Å². The molecule has 2 fully saturated rings. The molecule has 4 rings (SSSR count). The second-order valence-electron chi connectivity index (χ2n) is 5.73. The number of oxazole rings is 1. The van der Waals surface area contributed by atoms with Crippen LogP contribution in [0.1, 0.15) is 47.1 Å². The molecular formula is C14H17N5O3. The Morgan fingerprint density at radius 3 is 2.95 bits per heavy atom. The maximum absolute atomic E-state index is 12.3. The number of likely N-dealkylation sites (tertiary alicyclic amines) is 1. The lowest BCUT2D eigenvalue weighted by Gasteiger charge is -2.39. The number of rotatable bonds is 3. The molecular weight excluding hydrogens is 286 g/mol. The van der Waals surface area contributed by atoms with Gasteiger partial charge in [-0.05, 0) is 19.8 Å². The molecule has 2 aliphatic heterocycles. The Labute approximate surface area is 127 Å². The molecule has 1 atom stereocenters. The van der Waals surface area contributed by atoms with E-state index in [4.69, 9.17) is 9.15 Å². The molecule has 8 nitrogen and oxygen atoms in total. The van der Waals surface area contributed by atoms with E-state index in [2.05, 4.69) is 15.2 Å². The number of aryl methyl sites for hydroxylation is 1. The maximum Gasteiger partial charge on any atom is 0.291 e. The van der Waals surface area contributed by atoms with Crippen LogP contribution in [0, 0.1) is 6.92 Å². The molecule has 22 heavy (non-hydrogen) atoms. The first-order valence-corrected chi connectivity index (χ1v) is 7.44. The van der Waals surface area contributed by atoms with Crippen molar-refractivity contribution < 1.29 is 13.9 Å². The lowest BCUT2D eigenvalue weighted by Crippen LogP contribution is -2.51. The molecule has 0 spiro atoms. The third kappa shape index (κ3) is 2.10. The lowest BCUT2D eigenvalue weighted by atomic mass is 10.1. The first-order chi connectivity index (χ1) is 10.7. The van der Waals surface area contributed by atoms with Gasteiger partial charge in [0.1, 0.15) is 12.4 Å². The third-order valence-corrected chi connectivity index (χ3v) is 4.30. The van der Waals surface area contributed by atoms with Gasteiger partial charge in [0, 0.05) is 19.7 Å². The minimum atomic E-state index is -0.113. The van der Waals surface area contributed by atoms with E-state index >= 15 is 0 Å². The van der Waals surface area contributed by atoms with Gasteiger partial charge >= 0.3 is 0 Å². The van der Waals surface area contributed by atoms with Crippen molar-refractivity contribution in [1.29, 1.82) is 0 Å². The summed E-state index contributed by atoms with van der Waals surface area (Å²) in [5.41, 5.74) is 0.623. The predicted molar refractivity (Wildman–Crippen MR) is 74.1 cm³/mol. The summed E-state index contributed by atoms with van der Waals surface area (Å²) in [6.07, 6.45) is 5.09. The molecule has 8 heteroatoms. The van der Waals surface area contributed by atoms with Crippen molar-refractivity contribution >= 4 is 5.91 Å². The number of carbonyl (C=O) groups is 1. The molecule has 2 saturated heterocycles. The molecule has 2 aliphatic rings. The summed E-state index contributed by atoms with van der Waals surface area (Å²) in [5.74, 6) is 1.07. The molecule has 4 heterocycles. The van der Waals surface area contributed by atoms with Crippen LogP contribution in [0.5, 0.6) is 0 Å². The topological polar surface area (TPSA) is 86.3 Å². The van der Waals surface area contributed by atoms with Crippen LogP contribution in [0.15, 0.2) is 17.1 Å². The summed E-state index contributed by atoms with van der Waals surface area (Å²) in [6.45, 7) is 3.79. The van der Waals surface area contributed by atoms with Gasteiger partial charge in [0.2, 0.25) is 5.76 Å². The Balaban J connectivity index is 1.44. The van der Waals surface area contributed by atoms with Crippen molar-refractivity contribution in [3.63, 3.8) is 0 Å². The van der Waals surface area contributed by atoms with Crippen LogP contribution in [0.2, 0.25) is 0 Å². The molecule has 1 unspecified atom stereocenters. The molecule has 0 bridgehead atoms. The van der Waals surface area contributed by atoms with Crippen LogP contribution in [-0.4, -0.2) is 50.3 Å². The number of nitrogens with zero attached hydrogens (tertiary/aromatic N) is 5. The average molecular weight is 303 g/mol. The van der Waals surface area contributed by atoms with Crippen LogP contribution in [0.3, 0.4) is 0 Å². The molecule has 116 valence electrons. The standard InChI is InChI=1S/C14H17N5O3/c1-9-12(22-8-15-9)14(20)18-5-10(6-18)19-7-16-17-13(19)11-3-2-4-21-11/h7-8,10-11H,2-6H2,1H3. The molecule has 1 amide bonds. The Kier molecular flexibility index (Phi) is 3.18. The van der Waals surface area contributed by atoms with E-state index in [1.165, 1.54) is 6.39 Å². The van der Waals surface area contributed by atoms with Gasteiger partial charge in [0.15, 0.2) is 12.2 Å². The van der Waals surface area contributed by atoms with E-state index in [9.17, 15) is 4.79 Å². The minimum Gasteiger partial charge on any atom is -0.438 e. The maximum atomic E-state index is 12.3. The number of hydrogen-bond acceptors (Lipinski definition) is 6. The Hall–Kier alpha value is -2.22. The number of ether oxygens (including phenoxy) is 1. The molecule has 0 radical (unpaired) electrons. The summed E-state index contributed by atoms with van der Waals surface area (Å²) in [5, 5.41) is 8.20. The fraction of sp³-hybridized carbons (Fsp3) is 0.571. The number of aromatic nitrogens is 4. The van der Waals surface area contributed by atoms with Gasteiger partial charge in [0.05, 0.1) is 11.7 Å². The Morgan fingerprint density at radius 1 is 1.41 bits per heavy atom. The highest BCUT2D eigenvalue weighted by Crippen LogP contribution is 2.31. The quantitative estimate of drug-likeness (QED) is 0.844. The van der Waals surface area contributed by atoms with Crippen molar-refractivity contribution in [2.75, 3.05) is 19.7 Å². The largest absolute Gasteiger partial charge is 0.438 e. The van der Waals surface area contributed by atoms with Crippen LogP contribution in [0.4, 0.5) is 0 Å². The van der Waals surface area contributed by atoms with Crippen LogP contribution in [0.25, 0.3) is 0 Å². The highest BCUT2D eigenvalue weighted by atomic mass is 16.5. The van der Waals surface area contributed by atoms with Crippen molar-refractivity contribution in [2.24, 2.45) is 0 Å². The lowest BCUT2D eigenvalue weighted by molar-refractivity contribution is 0.0453. The summed E-state index contributed by atoms with van der Waals surface area (Å²) < 4.78 is 12.9. The summed E-state index contributed by atoms with van der Waals surface area (Å²) >= 11 is 0. The fourth-order valence-corrected chi connectivity index (χ4v) is 2.99. The van der Waals surface area contributed by atoms with Crippen molar-refractivity contribution in [3.05, 3.63) is 30.0 Å².